The zero-order valence-corrected chi connectivity index (χ0v) is 10.6. The van der Waals surface area contributed by atoms with Crippen LogP contribution in [-0.2, 0) is 0 Å². The van der Waals surface area contributed by atoms with Crippen LogP contribution < -0.4 is 5.73 Å². The van der Waals surface area contributed by atoms with Crippen LogP contribution in [0.2, 0.25) is 0 Å². The lowest BCUT2D eigenvalue weighted by Crippen LogP contribution is -2.09. The van der Waals surface area contributed by atoms with Crippen molar-refractivity contribution in [3.63, 3.8) is 0 Å². The molecule has 1 atom stereocenters. The van der Waals surface area contributed by atoms with Crippen molar-refractivity contribution in [1.82, 2.24) is 9.78 Å². The molecule has 1 heterocycles. The first kappa shape index (κ1) is 11.9. The first-order chi connectivity index (χ1) is 8.09. The minimum atomic E-state index is -0.0301. The Morgan fingerprint density at radius 1 is 1.12 bits per heavy atom. The highest BCUT2D eigenvalue weighted by Crippen LogP contribution is 2.25. The molecular formula is C14H19N3. The predicted molar refractivity (Wildman–Crippen MR) is 70.7 cm³/mol. The van der Waals surface area contributed by atoms with E-state index < -0.39 is 0 Å². The summed E-state index contributed by atoms with van der Waals surface area (Å²) in [5.41, 5.74) is 9.15. The largest absolute Gasteiger partial charge is 0.323 e. The molecule has 2 aromatic rings. The zero-order chi connectivity index (χ0) is 12.4. The molecule has 2 N–H and O–H groups in total. The number of hydrogen-bond donors (Lipinski definition) is 1. The van der Waals surface area contributed by atoms with Crippen molar-refractivity contribution in [1.29, 1.82) is 0 Å². The van der Waals surface area contributed by atoms with Gasteiger partial charge in [0.1, 0.15) is 0 Å². The highest BCUT2D eigenvalue weighted by atomic mass is 15.3. The zero-order valence-electron chi connectivity index (χ0n) is 10.6. The number of aromatic nitrogens is 2. The molecule has 17 heavy (non-hydrogen) atoms. The molecule has 0 saturated carbocycles. The third-order valence-corrected chi connectivity index (χ3v) is 2.78. The third-order valence-electron chi connectivity index (χ3n) is 2.78. The summed E-state index contributed by atoms with van der Waals surface area (Å²) in [6, 6.07) is 12.7. The second kappa shape index (κ2) is 4.72. The Morgan fingerprint density at radius 2 is 1.76 bits per heavy atom. The molecule has 0 bridgehead atoms. The molecule has 0 radical (unpaired) electrons. The summed E-state index contributed by atoms with van der Waals surface area (Å²) in [5, 5.41) is 4.58. The van der Waals surface area contributed by atoms with E-state index in [1.165, 1.54) is 5.56 Å². The van der Waals surface area contributed by atoms with Crippen LogP contribution >= 0.6 is 0 Å². The molecule has 3 heteroatoms. The quantitative estimate of drug-likeness (QED) is 0.878. The first-order valence-electron chi connectivity index (χ1n) is 6.00. The lowest BCUT2D eigenvalue weighted by Gasteiger charge is -2.10. The fraction of sp³-hybridized carbons (Fsp3) is 0.357. The second-order valence-corrected chi connectivity index (χ2v) is 4.65. The molecule has 0 amide bonds. The van der Waals surface area contributed by atoms with Crippen molar-refractivity contribution in [2.75, 3.05) is 0 Å². The average Bonchev–Trinajstić information content (AvgIpc) is 2.75. The number of benzene rings is 1. The van der Waals surface area contributed by atoms with E-state index in [9.17, 15) is 0 Å². The standard InChI is InChI=1S/C14H19N3/c1-10(2)17-14(9-13(16-17)11(3)15)12-7-5-4-6-8-12/h4-11H,15H2,1-3H3. The molecule has 1 aromatic heterocycles. The van der Waals surface area contributed by atoms with E-state index in [4.69, 9.17) is 5.73 Å². The van der Waals surface area contributed by atoms with Crippen molar-refractivity contribution in [2.45, 2.75) is 32.9 Å². The van der Waals surface area contributed by atoms with Gasteiger partial charge in [-0.3, -0.25) is 4.68 Å². The van der Waals surface area contributed by atoms with Crippen molar-refractivity contribution in [2.24, 2.45) is 5.73 Å². The molecule has 0 aliphatic heterocycles. The number of nitrogens with zero attached hydrogens (tertiary/aromatic N) is 2. The summed E-state index contributed by atoms with van der Waals surface area (Å²) < 4.78 is 2.04. The van der Waals surface area contributed by atoms with Gasteiger partial charge in [-0.2, -0.15) is 5.10 Å². The van der Waals surface area contributed by atoms with Gasteiger partial charge in [-0.1, -0.05) is 30.3 Å². The molecule has 0 aliphatic carbocycles. The van der Waals surface area contributed by atoms with Gasteiger partial charge in [0.2, 0.25) is 0 Å². The van der Waals surface area contributed by atoms with Crippen molar-refractivity contribution in [3.05, 3.63) is 42.1 Å². The monoisotopic (exact) mass is 229 g/mol. The van der Waals surface area contributed by atoms with Gasteiger partial charge in [0.25, 0.3) is 0 Å². The topological polar surface area (TPSA) is 43.8 Å². The molecule has 2 rings (SSSR count). The molecule has 0 spiro atoms. The highest BCUT2D eigenvalue weighted by molar-refractivity contribution is 5.60. The Hall–Kier alpha value is -1.61. The Morgan fingerprint density at radius 3 is 2.29 bits per heavy atom. The van der Waals surface area contributed by atoms with Crippen LogP contribution in [0.5, 0.6) is 0 Å². The van der Waals surface area contributed by atoms with E-state index >= 15 is 0 Å². The van der Waals surface area contributed by atoms with E-state index in [0.29, 0.717) is 6.04 Å². The first-order valence-corrected chi connectivity index (χ1v) is 6.00. The smallest absolute Gasteiger partial charge is 0.0795 e. The minimum absolute atomic E-state index is 0.0301. The Balaban J connectivity index is 2.52. The Kier molecular flexibility index (Phi) is 3.29. The van der Waals surface area contributed by atoms with Gasteiger partial charge < -0.3 is 5.73 Å². The van der Waals surface area contributed by atoms with Gasteiger partial charge in [0.15, 0.2) is 0 Å². The van der Waals surface area contributed by atoms with E-state index in [1.807, 2.05) is 29.8 Å². The fourth-order valence-corrected chi connectivity index (χ4v) is 1.85. The number of rotatable bonds is 3. The lowest BCUT2D eigenvalue weighted by molar-refractivity contribution is 0.527. The van der Waals surface area contributed by atoms with Gasteiger partial charge >= 0.3 is 0 Å². The summed E-state index contributed by atoms with van der Waals surface area (Å²) in [5.74, 6) is 0. The van der Waals surface area contributed by atoms with Gasteiger partial charge in [-0.25, -0.2) is 0 Å². The van der Waals surface area contributed by atoms with Gasteiger partial charge in [0.05, 0.1) is 11.4 Å². The second-order valence-electron chi connectivity index (χ2n) is 4.65. The average molecular weight is 229 g/mol. The predicted octanol–water partition coefficient (Wildman–Crippen LogP) is 3.15. The fourth-order valence-electron chi connectivity index (χ4n) is 1.85. The van der Waals surface area contributed by atoms with E-state index in [1.54, 1.807) is 0 Å². The lowest BCUT2D eigenvalue weighted by atomic mass is 10.1. The normalized spacial score (nSPS) is 13.0. The van der Waals surface area contributed by atoms with Crippen LogP contribution in [0, 0.1) is 0 Å². The van der Waals surface area contributed by atoms with Gasteiger partial charge in [-0.15, -0.1) is 0 Å². The van der Waals surface area contributed by atoms with E-state index in [2.05, 4.69) is 37.1 Å². The minimum Gasteiger partial charge on any atom is -0.323 e. The molecule has 0 aliphatic rings. The summed E-state index contributed by atoms with van der Waals surface area (Å²) in [7, 11) is 0. The van der Waals surface area contributed by atoms with Crippen molar-refractivity contribution < 1.29 is 0 Å². The van der Waals surface area contributed by atoms with Crippen LogP contribution in [0.3, 0.4) is 0 Å². The summed E-state index contributed by atoms with van der Waals surface area (Å²) in [4.78, 5) is 0. The maximum atomic E-state index is 5.90. The molecule has 0 saturated heterocycles. The summed E-state index contributed by atoms with van der Waals surface area (Å²) >= 11 is 0. The van der Waals surface area contributed by atoms with Gasteiger partial charge in [0, 0.05) is 12.1 Å². The molecule has 1 unspecified atom stereocenters. The highest BCUT2D eigenvalue weighted by Gasteiger charge is 2.13. The maximum Gasteiger partial charge on any atom is 0.0795 e. The SMILES string of the molecule is CC(N)c1cc(-c2ccccc2)n(C(C)C)n1. The van der Waals surface area contributed by atoms with Crippen LogP contribution in [0.1, 0.15) is 38.5 Å². The van der Waals surface area contributed by atoms with Gasteiger partial charge in [-0.05, 0) is 32.4 Å². The Labute approximate surface area is 102 Å². The summed E-state index contributed by atoms with van der Waals surface area (Å²) in [6.07, 6.45) is 0. The molecular weight excluding hydrogens is 210 g/mol. The van der Waals surface area contributed by atoms with E-state index in [-0.39, 0.29) is 6.04 Å². The van der Waals surface area contributed by atoms with Crippen molar-refractivity contribution in [3.8, 4) is 11.3 Å². The molecule has 0 fully saturated rings. The van der Waals surface area contributed by atoms with Crippen LogP contribution in [-0.4, -0.2) is 9.78 Å². The molecule has 1 aromatic carbocycles. The van der Waals surface area contributed by atoms with Crippen LogP contribution in [0.15, 0.2) is 36.4 Å². The van der Waals surface area contributed by atoms with Crippen LogP contribution in [0.4, 0.5) is 0 Å². The Bertz CT molecular complexity index is 483. The van der Waals surface area contributed by atoms with Crippen LogP contribution in [0.25, 0.3) is 11.3 Å². The number of nitrogens with two attached hydrogens (primary N) is 1. The number of hydrogen-bond acceptors (Lipinski definition) is 2. The summed E-state index contributed by atoms with van der Waals surface area (Å²) in [6.45, 7) is 6.22. The molecule has 3 nitrogen and oxygen atoms in total. The van der Waals surface area contributed by atoms with Crippen molar-refractivity contribution >= 4 is 0 Å². The van der Waals surface area contributed by atoms with E-state index in [0.717, 1.165) is 11.4 Å². The maximum absolute atomic E-state index is 5.90. The molecule has 90 valence electrons. The third kappa shape index (κ3) is 2.39.